The second-order valence-electron chi connectivity index (χ2n) is 6.68. The van der Waals surface area contributed by atoms with E-state index in [-0.39, 0.29) is 24.2 Å². The molecular formula is C19H23N5O2. The van der Waals surface area contributed by atoms with Gasteiger partial charge in [-0.05, 0) is 31.0 Å². The standard InChI is InChI=1S/C19H23N5O2/c1-23(2)18(26)19(22-15-8-4-3-5-9-15)10-6-13-24(14-19)17(25)16-20-11-7-12-21-16/h3-5,7-9,11-12,22H,6,10,13-14H2,1-2H3. The van der Waals surface area contributed by atoms with Crippen LogP contribution in [-0.2, 0) is 4.79 Å². The van der Waals surface area contributed by atoms with Gasteiger partial charge in [0.2, 0.25) is 11.7 Å². The summed E-state index contributed by atoms with van der Waals surface area (Å²) in [6.45, 7) is 0.853. The average molecular weight is 353 g/mol. The first-order valence-corrected chi connectivity index (χ1v) is 8.63. The molecule has 0 saturated carbocycles. The molecule has 0 aliphatic carbocycles. The van der Waals surface area contributed by atoms with Crippen molar-refractivity contribution in [3.8, 4) is 0 Å². The summed E-state index contributed by atoms with van der Waals surface area (Å²) in [6.07, 6.45) is 4.46. The molecular weight excluding hydrogens is 330 g/mol. The van der Waals surface area contributed by atoms with Crippen molar-refractivity contribution in [3.05, 3.63) is 54.6 Å². The zero-order valence-corrected chi connectivity index (χ0v) is 15.1. The number of nitrogens with zero attached hydrogens (tertiary/aromatic N) is 4. The molecule has 1 aromatic carbocycles. The number of hydrogen-bond donors (Lipinski definition) is 1. The number of amides is 2. The molecule has 1 saturated heterocycles. The van der Waals surface area contributed by atoms with Gasteiger partial charge in [-0.2, -0.15) is 0 Å². The number of aromatic nitrogens is 2. The lowest BCUT2D eigenvalue weighted by atomic mass is 9.86. The first-order valence-electron chi connectivity index (χ1n) is 8.63. The second kappa shape index (κ2) is 7.51. The molecule has 136 valence electrons. The number of para-hydroxylation sites is 1. The smallest absolute Gasteiger partial charge is 0.291 e. The van der Waals surface area contributed by atoms with E-state index in [0.29, 0.717) is 13.0 Å². The molecule has 7 heteroatoms. The Morgan fingerprint density at radius 3 is 2.46 bits per heavy atom. The van der Waals surface area contributed by atoms with E-state index in [1.54, 1.807) is 42.4 Å². The summed E-state index contributed by atoms with van der Waals surface area (Å²) < 4.78 is 0. The number of anilines is 1. The highest BCUT2D eigenvalue weighted by molar-refractivity contribution is 5.93. The number of piperidine rings is 1. The van der Waals surface area contributed by atoms with Gasteiger partial charge >= 0.3 is 0 Å². The molecule has 1 fully saturated rings. The number of hydrogen-bond acceptors (Lipinski definition) is 5. The van der Waals surface area contributed by atoms with Crippen LogP contribution in [0.4, 0.5) is 5.69 Å². The summed E-state index contributed by atoms with van der Waals surface area (Å²) >= 11 is 0. The maximum atomic E-state index is 13.0. The largest absolute Gasteiger partial charge is 0.370 e. The average Bonchev–Trinajstić information content (AvgIpc) is 2.68. The Bertz CT molecular complexity index is 766. The van der Waals surface area contributed by atoms with Gasteiger partial charge in [-0.15, -0.1) is 0 Å². The molecule has 1 aromatic heterocycles. The topological polar surface area (TPSA) is 78.4 Å². The third-order valence-electron chi connectivity index (χ3n) is 4.51. The van der Waals surface area contributed by atoms with E-state index in [9.17, 15) is 9.59 Å². The van der Waals surface area contributed by atoms with Crippen molar-refractivity contribution in [3.63, 3.8) is 0 Å². The Morgan fingerprint density at radius 2 is 1.81 bits per heavy atom. The molecule has 0 spiro atoms. The maximum absolute atomic E-state index is 13.0. The van der Waals surface area contributed by atoms with E-state index in [4.69, 9.17) is 0 Å². The van der Waals surface area contributed by atoms with Crippen molar-refractivity contribution in [2.75, 3.05) is 32.5 Å². The highest BCUT2D eigenvalue weighted by Crippen LogP contribution is 2.28. The molecule has 0 bridgehead atoms. The fourth-order valence-electron chi connectivity index (χ4n) is 3.34. The minimum atomic E-state index is -0.868. The molecule has 2 amide bonds. The van der Waals surface area contributed by atoms with Crippen LogP contribution in [0, 0.1) is 0 Å². The van der Waals surface area contributed by atoms with Crippen LogP contribution < -0.4 is 5.32 Å². The van der Waals surface area contributed by atoms with Crippen LogP contribution in [-0.4, -0.2) is 64.3 Å². The fourth-order valence-corrected chi connectivity index (χ4v) is 3.34. The van der Waals surface area contributed by atoms with E-state index in [1.807, 2.05) is 30.3 Å². The summed E-state index contributed by atoms with van der Waals surface area (Å²) in [5.41, 5.74) is -0.0129. The Balaban J connectivity index is 1.88. The van der Waals surface area contributed by atoms with Crippen LogP contribution in [0.3, 0.4) is 0 Å². The summed E-state index contributed by atoms with van der Waals surface area (Å²) in [5.74, 6) is -0.149. The van der Waals surface area contributed by atoms with Gasteiger partial charge in [-0.25, -0.2) is 9.97 Å². The van der Waals surface area contributed by atoms with E-state index < -0.39 is 5.54 Å². The van der Waals surface area contributed by atoms with E-state index in [0.717, 1.165) is 12.1 Å². The molecule has 1 atom stereocenters. The van der Waals surface area contributed by atoms with E-state index >= 15 is 0 Å². The molecule has 26 heavy (non-hydrogen) atoms. The number of rotatable bonds is 4. The van der Waals surface area contributed by atoms with Crippen LogP contribution in [0.2, 0.25) is 0 Å². The second-order valence-corrected chi connectivity index (χ2v) is 6.68. The molecule has 0 radical (unpaired) electrons. The Kier molecular flexibility index (Phi) is 5.16. The van der Waals surface area contributed by atoms with Crippen LogP contribution in [0.5, 0.6) is 0 Å². The lowest BCUT2D eigenvalue weighted by Gasteiger charge is -2.43. The third-order valence-corrected chi connectivity index (χ3v) is 4.51. The van der Waals surface area contributed by atoms with Crippen LogP contribution >= 0.6 is 0 Å². The first kappa shape index (κ1) is 17.8. The van der Waals surface area contributed by atoms with Crippen molar-refractivity contribution in [1.29, 1.82) is 0 Å². The molecule has 1 unspecified atom stereocenters. The van der Waals surface area contributed by atoms with Crippen molar-refractivity contribution in [1.82, 2.24) is 19.8 Å². The summed E-state index contributed by atoms with van der Waals surface area (Å²) in [4.78, 5) is 37.1. The molecule has 2 aromatic rings. The highest BCUT2D eigenvalue weighted by Gasteiger charge is 2.44. The van der Waals surface area contributed by atoms with Gasteiger partial charge in [-0.3, -0.25) is 9.59 Å². The SMILES string of the molecule is CN(C)C(=O)C1(Nc2ccccc2)CCCN(C(=O)c2ncccn2)C1. The summed E-state index contributed by atoms with van der Waals surface area (Å²) in [5, 5.41) is 3.39. The Morgan fingerprint density at radius 1 is 1.12 bits per heavy atom. The molecule has 1 aliphatic rings. The quantitative estimate of drug-likeness (QED) is 0.904. The van der Waals surface area contributed by atoms with Crippen molar-refractivity contribution >= 4 is 17.5 Å². The van der Waals surface area contributed by atoms with Gasteiger partial charge in [0.1, 0.15) is 5.54 Å². The molecule has 2 heterocycles. The lowest BCUT2D eigenvalue weighted by Crippen LogP contribution is -2.62. The first-order chi connectivity index (χ1) is 12.5. The molecule has 7 nitrogen and oxygen atoms in total. The van der Waals surface area contributed by atoms with Gasteiger partial charge in [0.25, 0.3) is 5.91 Å². The molecule has 1 N–H and O–H groups in total. The zero-order chi connectivity index (χ0) is 18.6. The van der Waals surface area contributed by atoms with Crippen LogP contribution in [0.25, 0.3) is 0 Å². The summed E-state index contributed by atoms with van der Waals surface area (Å²) in [6, 6.07) is 11.3. The van der Waals surface area contributed by atoms with E-state index in [1.165, 1.54) is 0 Å². The molecule has 1 aliphatic heterocycles. The predicted molar refractivity (Wildman–Crippen MR) is 98.7 cm³/mol. The normalized spacial score (nSPS) is 19.7. The van der Waals surface area contributed by atoms with Crippen molar-refractivity contribution < 1.29 is 9.59 Å². The molecule has 3 rings (SSSR count). The number of likely N-dealkylation sites (tertiary alicyclic amines) is 1. The van der Waals surface area contributed by atoms with Gasteiger partial charge in [-0.1, -0.05) is 18.2 Å². The minimum Gasteiger partial charge on any atom is -0.370 e. The van der Waals surface area contributed by atoms with Crippen molar-refractivity contribution in [2.45, 2.75) is 18.4 Å². The van der Waals surface area contributed by atoms with E-state index in [2.05, 4.69) is 15.3 Å². The monoisotopic (exact) mass is 353 g/mol. The lowest BCUT2D eigenvalue weighted by molar-refractivity contribution is -0.135. The predicted octanol–water partition coefficient (Wildman–Crippen LogP) is 1.65. The maximum Gasteiger partial charge on any atom is 0.291 e. The third kappa shape index (κ3) is 3.66. The van der Waals surface area contributed by atoms with Crippen LogP contribution in [0.15, 0.2) is 48.8 Å². The minimum absolute atomic E-state index is 0.0483. The number of benzene rings is 1. The summed E-state index contributed by atoms with van der Waals surface area (Å²) in [7, 11) is 3.47. The van der Waals surface area contributed by atoms with Gasteiger partial charge in [0.05, 0.1) is 6.54 Å². The van der Waals surface area contributed by atoms with Gasteiger partial charge < -0.3 is 15.1 Å². The fraction of sp³-hybridized carbons (Fsp3) is 0.368. The number of likely N-dealkylation sites (N-methyl/N-ethyl adjacent to an activating group) is 1. The number of nitrogens with one attached hydrogen (secondary N) is 1. The zero-order valence-electron chi connectivity index (χ0n) is 15.1. The number of carbonyl (C=O) groups is 2. The highest BCUT2D eigenvalue weighted by atomic mass is 16.2. The Hall–Kier alpha value is -2.96. The van der Waals surface area contributed by atoms with Gasteiger partial charge in [0, 0.05) is 38.7 Å². The van der Waals surface area contributed by atoms with Crippen LogP contribution in [0.1, 0.15) is 23.5 Å². The number of carbonyl (C=O) groups excluding carboxylic acids is 2. The van der Waals surface area contributed by atoms with Gasteiger partial charge in [0.15, 0.2) is 0 Å². The Labute approximate surface area is 153 Å². The van der Waals surface area contributed by atoms with Crippen molar-refractivity contribution in [2.24, 2.45) is 0 Å².